The van der Waals surface area contributed by atoms with Crippen molar-refractivity contribution in [1.82, 2.24) is 14.9 Å². The normalized spacial score (nSPS) is 15.4. The fraction of sp³-hybridized carbons (Fsp3) is 0.320. The summed E-state index contributed by atoms with van der Waals surface area (Å²) in [4.78, 5) is 25.1. The summed E-state index contributed by atoms with van der Waals surface area (Å²) in [6, 6.07) is 18.3. The molecule has 30 heavy (non-hydrogen) atoms. The van der Waals surface area contributed by atoms with Gasteiger partial charge in [0.2, 0.25) is 0 Å². The molecule has 5 heteroatoms. The quantitative estimate of drug-likeness (QED) is 0.413. The Hall–Kier alpha value is -2.79. The molecule has 3 heterocycles. The van der Waals surface area contributed by atoms with Gasteiger partial charge in [-0.05, 0) is 43.0 Å². The third kappa shape index (κ3) is 3.47. The molecule has 0 saturated carbocycles. The van der Waals surface area contributed by atoms with Crippen LogP contribution in [0, 0.1) is 0 Å². The number of rotatable bonds is 3. The predicted octanol–water partition coefficient (Wildman–Crippen LogP) is 5.99. The van der Waals surface area contributed by atoms with Crippen LogP contribution in [0.2, 0.25) is 0 Å². The van der Waals surface area contributed by atoms with Crippen molar-refractivity contribution in [3.8, 4) is 0 Å². The Labute approximate surface area is 180 Å². The van der Waals surface area contributed by atoms with Gasteiger partial charge in [0, 0.05) is 30.1 Å². The Bertz CT molecular complexity index is 1190. The van der Waals surface area contributed by atoms with Crippen LogP contribution in [0.3, 0.4) is 0 Å². The average Bonchev–Trinajstić information content (AvgIpc) is 3.22. The zero-order valence-corrected chi connectivity index (χ0v) is 18.2. The summed E-state index contributed by atoms with van der Waals surface area (Å²) in [5, 5.41) is 2.15. The molecule has 0 N–H and O–H groups in total. The van der Waals surface area contributed by atoms with Gasteiger partial charge in [0.25, 0.3) is 5.91 Å². The lowest BCUT2D eigenvalue weighted by atomic mass is 9.96. The van der Waals surface area contributed by atoms with Crippen molar-refractivity contribution < 1.29 is 4.79 Å². The molecule has 1 aliphatic rings. The van der Waals surface area contributed by atoms with E-state index in [1.807, 2.05) is 41.3 Å². The smallest absolute Gasteiger partial charge is 0.254 e. The summed E-state index contributed by atoms with van der Waals surface area (Å²) in [6.45, 7) is 5.78. The van der Waals surface area contributed by atoms with E-state index in [4.69, 9.17) is 9.97 Å². The van der Waals surface area contributed by atoms with Gasteiger partial charge in [-0.25, -0.2) is 4.98 Å². The van der Waals surface area contributed by atoms with E-state index in [-0.39, 0.29) is 11.8 Å². The van der Waals surface area contributed by atoms with Crippen molar-refractivity contribution in [3.63, 3.8) is 0 Å². The molecule has 2 aromatic carbocycles. The van der Waals surface area contributed by atoms with E-state index in [2.05, 4.69) is 32.0 Å². The molecule has 0 aliphatic carbocycles. The number of pyridine rings is 1. The molecule has 4 nitrogen and oxygen atoms in total. The van der Waals surface area contributed by atoms with E-state index in [1.54, 1.807) is 11.3 Å². The van der Waals surface area contributed by atoms with Crippen molar-refractivity contribution in [3.05, 3.63) is 70.9 Å². The number of nitrogens with zero attached hydrogens (tertiary/aromatic N) is 3. The SMILES string of the molecule is CC(C)c1cc(C(=O)N2CCC(c3nc4ccccc4s3)CC2)c2ccccc2n1. The standard InChI is InChI=1S/C25H25N3OS/c1-16(2)22-15-19(18-7-3-4-8-20(18)26-22)25(29)28-13-11-17(12-14-28)24-27-21-9-5-6-10-23(21)30-24/h3-10,15-17H,11-14H2,1-2H3. The van der Waals surface area contributed by atoms with Gasteiger partial charge in [-0.15, -0.1) is 11.3 Å². The van der Waals surface area contributed by atoms with Crippen molar-refractivity contribution in [1.29, 1.82) is 0 Å². The van der Waals surface area contributed by atoms with Crippen LogP contribution in [-0.4, -0.2) is 33.9 Å². The van der Waals surface area contributed by atoms with Gasteiger partial charge in [0.15, 0.2) is 0 Å². The second kappa shape index (κ2) is 7.80. The summed E-state index contributed by atoms with van der Waals surface area (Å²) < 4.78 is 1.25. The summed E-state index contributed by atoms with van der Waals surface area (Å²) >= 11 is 1.79. The van der Waals surface area contributed by atoms with Crippen LogP contribution in [0.4, 0.5) is 0 Å². The first-order chi connectivity index (χ1) is 14.6. The molecule has 1 fully saturated rings. The maximum absolute atomic E-state index is 13.5. The highest BCUT2D eigenvalue weighted by Crippen LogP contribution is 2.34. The molecule has 0 radical (unpaired) electrons. The van der Waals surface area contributed by atoms with Crippen LogP contribution in [0.1, 0.15) is 59.6 Å². The molecule has 4 aromatic rings. The number of hydrogen-bond donors (Lipinski definition) is 0. The largest absolute Gasteiger partial charge is 0.339 e. The Balaban J connectivity index is 1.38. The summed E-state index contributed by atoms with van der Waals surface area (Å²) in [5.41, 5.74) is 3.74. The number of para-hydroxylation sites is 2. The maximum atomic E-state index is 13.5. The number of amides is 1. The number of benzene rings is 2. The van der Waals surface area contributed by atoms with Gasteiger partial charge >= 0.3 is 0 Å². The number of fused-ring (bicyclic) bond motifs is 2. The van der Waals surface area contributed by atoms with E-state index >= 15 is 0 Å². The molecular weight excluding hydrogens is 390 g/mol. The second-order valence-corrected chi connectivity index (χ2v) is 9.42. The van der Waals surface area contributed by atoms with Crippen molar-refractivity contribution in [2.75, 3.05) is 13.1 Å². The minimum absolute atomic E-state index is 0.123. The molecule has 1 amide bonds. The Morgan fingerprint density at radius 1 is 1.00 bits per heavy atom. The van der Waals surface area contributed by atoms with Crippen LogP contribution in [0.25, 0.3) is 21.1 Å². The van der Waals surface area contributed by atoms with Crippen LogP contribution in [0.5, 0.6) is 0 Å². The van der Waals surface area contributed by atoms with Crippen LogP contribution in [-0.2, 0) is 0 Å². The van der Waals surface area contributed by atoms with Crippen LogP contribution >= 0.6 is 11.3 Å². The number of hydrogen-bond acceptors (Lipinski definition) is 4. The topological polar surface area (TPSA) is 46.1 Å². The van der Waals surface area contributed by atoms with E-state index < -0.39 is 0 Å². The predicted molar refractivity (Wildman–Crippen MR) is 123 cm³/mol. The first-order valence-electron chi connectivity index (χ1n) is 10.6. The second-order valence-electron chi connectivity index (χ2n) is 8.35. The lowest BCUT2D eigenvalue weighted by Crippen LogP contribution is -2.38. The number of likely N-dealkylation sites (tertiary alicyclic amines) is 1. The summed E-state index contributed by atoms with van der Waals surface area (Å²) in [7, 11) is 0. The van der Waals surface area contributed by atoms with Crippen LogP contribution in [0.15, 0.2) is 54.6 Å². The van der Waals surface area contributed by atoms with Crippen LogP contribution < -0.4 is 0 Å². The van der Waals surface area contributed by atoms with Gasteiger partial charge < -0.3 is 4.90 Å². The molecule has 1 aliphatic heterocycles. The lowest BCUT2D eigenvalue weighted by molar-refractivity contribution is 0.0715. The van der Waals surface area contributed by atoms with E-state index in [1.165, 1.54) is 9.71 Å². The summed E-state index contributed by atoms with van der Waals surface area (Å²) in [5.74, 6) is 0.844. The monoisotopic (exact) mass is 415 g/mol. The van der Waals surface area contributed by atoms with Gasteiger partial charge in [0.05, 0.1) is 26.3 Å². The van der Waals surface area contributed by atoms with E-state index in [0.29, 0.717) is 5.92 Å². The zero-order chi connectivity index (χ0) is 20.7. The number of carbonyl (C=O) groups excluding carboxylic acids is 1. The molecule has 0 spiro atoms. The number of piperidine rings is 1. The van der Waals surface area contributed by atoms with Gasteiger partial charge in [0.1, 0.15) is 0 Å². The Kier molecular flexibility index (Phi) is 4.99. The Morgan fingerprint density at radius 2 is 1.70 bits per heavy atom. The highest BCUT2D eigenvalue weighted by atomic mass is 32.1. The lowest BCUT2D eigenvalue weighted by Gasteiger charge is -2.31. The first kappa shape index (κ1) is 19.2. The average molecular weight is 416 g/mol. The minimum Gasteiger partial charge on any atom is -0.339 e. The maximum Gasteiger partial charge on any atom is 0.254 e. The van der Waals surface area contributed by atoms with E-state index in [0.717, 1.165) is 53.6 Å². The zero-order valence-electron chi connectivity index (χ0n) is 17.3. The fourth-order valence-corrected chi connectivity index (χ4v) is 5.37. The molecule has 152 valence electrons. The molecule has 0 unspecified atom stereocenters. The summed E-state index contributed by atoms with van der Waals surface area (Å²) in [6.07, 6.45) is 1.93. The van der Waals surface area contributed by atoms with Crippen molar-refractivity contribution in [2.24, 2.45) is 0 Å². The van der Waals surface area contributed by atoms with E-state index in [9.17, 15) is 4.79 Å². The molecule has 1 saturated heterocycles. The number of thiazole rings is 1. The van der Waals surface area contributed by atoms with Gasteiger partial charge in [-0.3, -0.25) is 9.78 Å². The first-order valence-corrected chi connectivity index (χ1v) is 11.5. The highest BCUT2D eigenvalue weighted by Gasteiger charge is 2.27. The highest BCUT2D eigenvalue weighted by molar-refractivity contribution is 7.18. The van der Waals surface area contributed by atoms with Gasteiger partial charge in [-0.1, -0.05) is 44.2 Å². The molecule has 0 atom stereocenters. The third-order valence-electron chi connectivity index (χ3n) is 6.00. The fourth-order valence-electron chi connectivity index (χ4n) is 4.23. The van der Waals surface area contributed by atoms with Crippen molar-refractivity contribution in [2.45, 2.75) is 38.5 Å². The molecule has 2 aromatic heterocycles. The third-order valence-corrected chi connectivity index (χ3v) is 7.20. The Morgan fingerprint density at radius 3 is 2.43 bits per heavy atom. The number of aromatic nitrogens is 2. The van der Waals surface area contributed by atoms with Crippen molar-refractivity contribution >= 4 is 38.4 Å². The molecular formula is C25H25N3OS. The van der Waals surface area contributed by atoms with Gasteiger partial charge in [-0.2, -0.15) is 0 Å². The molecule has 0 bridgehead atoms. The minimum atomic E-state index is 0.123. The number of carbonyl (C=O) groups is 1. The molecule has 5 rings (SSSR count).